The van der Waals surface area contributed by atoms with Crippen LogP contribution >= 0.6 is 66.4 Å². The molecule has 5 heteroatoms. The Hall–Kier alpha value is 1.24. The van der Waals surface area contributed by atoms with Gasteiger partial charge in [0.25, 0.3) is 0 Å². The van der Waals surface area contributed by atoms with E-state index < -0.39 is 0 Å². The maximum absolute atomic E-state index is 5.70. The molecular formula is C4Br2Cl2S. The van der Waals surface area contributed by atoms with Crippen LogP contribution in [0.15, 0.2) is 7.57 Å². The zero-order valence-electron chi connectivity index (χ0n) is 3.92. The minimum atomic E-state index is 0.577. The quantitative estimate of drug-likeness (QED) is 0.658. The van der Waals surface area contributed by atoms with E-state index in [1.807, 2.05) is 0 Å². The first-order valence-electron chi connectivity index (χ1n) is 1.91. The molecule has 1 rings (SSSR count). The van der Waals surface area contributed by atoms with Crippen molar-refractivity contribution < 1.29 is 0 Å². The van der Waals surface area contributed by atoms with Crippen molar-refractivity contribution in [3.05, 3.63) is 17.6 Å². The van der Waals surface area contributed by atoms with E-state index in [1.54, 1.807) is 0 Å². The average Bonchev–Trinajstić information content (AvgIpc) is 1.98. The third-order valence-corrected chi connectivity index (χ3v) is 4.78. The molecule has 0 amide bonds. The van der Waals surface area contributed by atoms with Gasteiger partial charge in [-0.05, 0) is 31.9 Å². The fraction of sp³-hybridized carbons (Fsp3) is 0. The van der Waals surface area contributed by atoms with E-state index in [-0.39, 0.29) is 0 Å². The summed E-state index contributed by atoms with van der Waals surface area (Å²) in [6, 6.07) is 0. The van der Waals surface area contributed by atoms with E-state index in [2.05, 4.69) is 31.9 Å². The topological polar surface area (TPSA) is 0 Å². The number of hydrogen-bond donors (Lipinski definition) is 0. The molecule has 0 aliphatic carbocycles. The summed E-state index contributed by atoms with van der Waals surface area (Å²) in [5.41, 5.74) is 0. The monoisotopic (exact) mass is 308 g/mol. The number of halogens is 4. The van der Waals surface area contributed by atoms with E-state index in [0.717, 1.165) is 7.57 Å². The summed E-state index contributed by atoms with van der Waals surface area (Å²) < 4.78 is 1.72. The lowest BCUT2D eigenvalue weighted by Gasteiger charge is -1.81. The molecule has 0 aliphatic heterocycles. The summed E-state index contributed by atoms with van der Waals surface area (Å²) in [5, 5.41) is 1.15. The molecule has 0 saturated heterocycles. The highest BCUT2D eigenvalue weighted by molar-refractivity contribution is 9.12. The van der Waals surface area contributed by atoms with Crippen molar-refractivity contribution in [2.45, 2.75) is 0 Å². The first kappa shape index (κ1) is 8.34. The zero-order valence-corrected chi connectivity index (χ0v) is 9.42. The van der Waals surface area contributed by atoms with Gasteiger partial charge in [0.15, 0.2) is 0 Å². The fourth-order valence-corrected chi connectivity index (χ4v) is 3.66. The van der Waals surface area contributed by atoms with Crippen molar-refractivity contribution in [2.75, 3.05) is 0 Å². The Kier molecular flexibility index (Phi) is 2.87. The van der Waals surface area contributed by atoms with Gasteiger partial charge in [-0.3, -0.25) is 0 Å². The van der Waals surface area contributed by atoms with Crippen molar-refractivity contribution in [3.63, 3.8) is 0 Å². The summed E-state index contributed by atoms with van der Waals surface area (Å²) in [5.74, 6) is 0. The highest BCUT2D eigenvalue weighted by atomic mass is 79.9. The third kappa shape index (κ3) is 1.63. The predicted molar refractivity (Wildman–Crippen MR) is 49.7 cm³/mol. The molecule has 0 radical (unpaired) electrons. The summed E-state index contributed by atoms with van der Waals surface area (Å²) in [6.45, 7) is 0. The standard InChI is InChI=1S/C4Br2Cl2S/c5-3-1(7)2(8)4(6)9-3. The van der Waals surface area contributed by atoms with Crippen LogP contribution in [-0.2, 0) is 0 Å². The molecule has 0 spiro atoms. The summed E-state index contributed by atoms with van der Waals surface area (Å²) in [6.07, 6.45) is 0. The minimum absolute atomic E-state index is 0.577. The first-order valence-corrected chi connectivity index (χ1v) is 5.07. The van der Waals surface area contributed by atoms with E-state index >= 15 is 0 Å². The Morgan fingerprint density at radius 1 is 1.00 bits per heavy atom. The second-order valence-electron chi connectivity index (χ2n) is 1.28. The summed E-state index contributed by atoms with van der Waals surface area (Å²) in [4.78, 5) is 0. The van der Waals surface area contributed by atoms with Gasteiger partial charge in [0, 0.05) is 0 Å². The molecule has 1 aromatic rings. The molecule has 0 unspecified atom stereocenters. The van der Waals surface area contributed by atoms with Gasteiger partial charge in [-0.25, -0.2) is 0 Å². The molecule has 1 aromatic heterocycles. The largest absolute Gasteiger partial charge is 0.118 e. The van der Waals surface area contributed by atoms with Gasteiger partial charge in [-0.1, -0.05) is 23.2 Å². The molecule has 50 valence electrons. The van der Waals surface area contributed by atoms with Gasteiger partial charge in [0.2, 0.25) is 0 Å². The van der Waals surface area contributed by atoms with Crippen LogP contribution in [-0.4, -0.2) is 0 Å². The van der Waals surface area contributed by atoms with Crippen LogP contribution in [0, 0.1) is 0 Å². The second-order valence-corrected chi connectivity index (χ2v) is 5.69. The number of thiophene rings is 1. The molecule has 9 heavy (non-hydrogen) atoms. The van der Waals surface area contributed by atoms with Gasteiger partial charge in [0.1, 0.15) is 0 Å². The molecule has 0 nitrogen and oxygen atoms in total. The smallest absolute Gasteiger partial charge is 0.0912 e. The Labute approximate surface area is 83.4 Å². The Morgan fingerprint density at radius 3 is 1.44 bits per heavy atom. The zero-order chi connectivity index (χ0) is 7.02. The molecular weight excluding hydrogens is 311 g/mol. The Bertz CT molecular complexity index is 210. The molecule has 0 saturated carbocycles. The van der Waals surface area contributed by atoms with Crippen molar-refractivity contribution in [3.8, 4) is 0 Å². The molecule has 0 atom stereocenters. The van der Waals surface area contributed by atoms with Gasteiger partial charge in [-0.2, -0.15) is 0 Å². The molecule has 0 aliphatic rings. The Balaban J connectivity index is 3.29. The molecule has 0 N–H and O–H groups in total. The van der Waals surface area contributed by atoms with Crippen molar-refractivity contribution >= 4 is 66.4 Å². The SMILES string of the molecule is Clc1c(Br)sc(Br)c1Cl. The predicted octanol–water partition coefficient (Wildman–Crippen LogP) is 4.58. The summed E-state index contributed by atoms with van der Waals surface area (Å²) >= 11 is 19.3. The molecule has 0 aromatic carbocycles. The lowest BCUT2D eigenvalue weighted by atomic mass is 10.7. The number of hydrogen-bond acceptors (Lipinski definition) is 1. The van der Waals surface area contributed by atoms with Crippen molar-refractivity contribution in [1.29, 1.82) is 0 Å². The van der Waals surface area contributed by atoms with Crippen LogP contribution < -0.4 is 0 Å². The van der Waals surface area contributed by atoms with Gasteiger partial charge < -0.3 is 0 Å². The van der Waals surface area contributed by atoms with Crippen LogP contribution in [0.1, 0.15) is 0 Å². The molecule has 0 fully saturated rings. The lowest BCUT2D eigenvalue weighted by molar-refractivity contribution is 1.91. The molecule has 0 bridgehead atoms. The van der Waals surface area contributed by atoms with Crippen molar-refractivity contribution in [2.24, 2.45) is 0 Å². The third-order valence-electron chi connectivity index (χ3n) is 0.717. The van der Waals surface area contributed by atoms with Crippen LogP contribution in [0.4, 0.5) is 0 Å². The van der Waals surface area contributed by atoms with Crippen LogP contribution in [0.3, 0.4) is 0 Å². The van der Waals surface area contributed by atoms with Crippen LogP contribution in [0.5, 0.6) is 0 Å². The number of rotatable bonds is 0. The highest BCUT2D eigenvalue weighted by Gasteiger charge is 2.09. The molecule has 1 heterocycles. The van der Waals surface area contributed by atoms with Crippen molar-refractivity contribution in [1.82, 2.24) is 0 Å². The highest BCUT2D eigenvalue weighted by Crippen LogP contribution is 2.43. The lowest BCUT2D eigenvalue weighted by Crippen LogP contribution is -1.53. The summed E-state index contributed by atoms with van der Waals surface area (Å²) in [7, 11) is 0. The van der Waals surface area contributed by atoms with Gasteiger partial charge in [-0.15, -0.1) is 11.3 Å². The normalized spacial score (nSPS) is 10.2. The van der Waals surface area contributed by atoms with E-state index in [1.165, 1.54) is 11.3 Å². The maximum Gasteiger partial charge on any atom is 0.0912 e. The fourth-order valence-electron chi connectivity index (χ4n) is 0.341. The minimum Gasteiger partial charge on any atom is -0.118 e. The van der Waals surface area contributed by atoms with Crippen LogP contribution in [0.2, 0.25) is 10.0 Å². The van der Waals surface area contributed by atoms with E-state index in [0.29, 0.717) is 10.0 Å². The second kappa shape index (κ2) is 3.09. The average molecular weight is 311 g/mol. The van der Waals surface area contributed by atoms with Gasteiger partial charge >= 0.3 is 0 Å². The first-order chi connectivity index (χ1) is 4.13. The van der Waals surface area contributed by atoms with E-state index in [4.69, 9.17) is 23.2 Å². The Morgan fingerprint density at radius 2 is 1.33 bits per heavy atom. The van der Waals surface area contributed by atoms with Gasteiger partial charge in [0.05, 0.1) is 17.6 Å². The van der Waals surface area contributed by atoms with E-state index in [9.17, 15) is 0 Å². The van der Waals surface area contributed by atoms with Crippen LogP contribution in [0.25, 0.3) is 0 Å². The maximum atomic E-state index is 5.70.